The lowest BCUT2D eigenvalue weighted by Crippen LogP contribution is -2.21. The zero-order valence-electron chi connectivity index (χ0n) is 11.9. The number of ketones is 2. The lowest BCUT2D eigenvalue weighted by Gasteiger charge is -2.20. The highest BCUT2D eigenvalue weighted by Crippen LogP contribution is 2.40. The molecule has 0 heterocycles. The van der Waals surface area contributed by atoms with Gasteiger partial charge in [0.25, 0.3) is 0 Å². The van der Waals surface area contributed by atoms with Gasteiger partial charge in [-0.2, -0.15) is 0 Å². The zero-order valence-corrected chi connectivity index (χ0v) is 11.9. The number of carbonyl (C=O) groups excluding carboxylic acids is 2. The average molecular weight is 298 g/mol. The third-order valence-electron chi connectivity index (χ3n) is 3.69. The first-order valence-corrected chi connectivity index (χ1v) is 6.90. The van der Waals surface area contributed by atoms with Gasteiger partial charge in [-0.05, 0) is 13.0 Å². The number of ether oxygens (including phenoxy) is 1. The van der Waals surface area contributed by atoms with Gasteiger partial charge in [-0.1, -0.05) is 24.3 Å². The highest BCUT2D eigenvalue weighted by Gasteiger charge is 2.35. The quantitative estimate of drug-likeness (QED) is 0.725. The maximum atomic E-state index is 12.6. The molecule has 3 rings (SSSR count). The number of phenols is 2. The van der Waals surface area contributed by atoms with Gasteiger partial charge in [-0.15, -0.1) is 0 Å². The highest BCUT2D eigenvalue weighted by atomic mass is 16.5. The van der Waals surface area contributed by atoms with Crippen molar-refractivity contribution in [3.63, 3.8) is 0 Å². The molecule has 112 valence electrons. The van der Waals surface area contributed by atoms with E-state index in [2.05, 4.69) is 0 Å². The number of phenolic OH excluding ortho intramolecular Hbond substituents is 2. The minimum absolute atomic E-state index is 0.0479. The van der Waals surface area contributed by atoms with Crippen LogP contribution in [0.2, 0.25) is 0 Å². The van der Waals surface area contributed by atoms with Crippen molar-refractivity contribution in [3.05, 3.63) is 58.1 Å². The summed E-state index contributed by atoms with van der Waals surface area (Å²) in [7, 11) is 0. The van der Waals surface area contributed by atoms with E-state index < -0.39 is 11.6 Å². The molecule has 0 fully saturated rings. The highest BCUT2D eigenvalue weighted by molar-refractivity contribution is 6.30. The van der Waals surface area contributed by atoms with Gasteiger partial charge in [0, 0.05) is 23.3 Å². The second-order valence-corrected chi connectivity index (χ2v) is 4.99. The largest absolute Gasteiger partial charge is 0.507 e. The number of benzene rings is 2. The van der Waals surface area contributed by atoms with Crippen LogP contribution in [0.15, 0.2) is 30.3 Å². The Hall–Kier alpha value is -2.66. The fourth-order valence-electron chi connectivity index (χ4n) is 2.63. The molecule has 2 aromatic carbocycles. The number of aromatic hydroxyl groups is 2. The van der Waals surface area contributed by atoms with Gasteiger partial charge in [0.15, 0.2) is 11.6 Å². The number of hydrogen-bond acceptors (Lipinski definition) is 5. The molecule has 1 aliphatic carbocycles. The Morgan fingerprint density at radius 3 is 2.18 bits per heavy atom. The number of carbonyl (C=O) groups is 2. The Kier molecular flexibility index (Phi) is 3.42. The first kappa shape index (κ1) is 14.3. The van der Waals surface area contributed by atoms with Gasteiger partial charge in [0.1, 0.15) is 11.5 Å². The predicted molar refractivity (Wildman–Crippen MR) is 78.4 cm³/mol. The van der Waals surface area contributed by atoms with Crippen molar-refractivity contribution in [2.75, 3.05) is 6.61 Å². The van der Waals surface area contributed by atoms with E-state index in [0.29, 0.717) is 6.61 Å². The molecule has 2 N–H and O–H groups in total. The number of fused-ring (bicyclic) bond motifs is 2. The lowest BCUT2D eigenvalue weighted by atomic mass is 9.82. The van der Waals surface area contributed by atoms with E-state index in [4.69, 9.17) is 4.74 Å². The van der Waals surface area contributed by atoms with Crippen LogP contribution in [0.3, 0.4) is 0 Å². The molecule has 0 spiro atoms. The Balaban J connectivity index is 2.24. The summed E-state index contributed by atoms with van der Waals surface area (Å²) >= 11 is 0. The molecule has 0 amide bonds. The van der Waals surface area contributed by atoms with Crippen molar-refractivity contribution in [3.8, 4) is 11.5 Å². The summed E-state index contributed by atoms with van der Waals surface area (Å²) in [6, 6.07) is 7.63. The van der Waals surface area contributed by atoms with Crippen LogP contribution in [0.1, 0.15) is 44.3 Å². The summed E-state index contributed by atoms with van der Waals surface area (Å²) in [5, 5.41) is 20.5. The topological polar surface area (TPSA) is 83.8 Å². The molecule has 0 atom stereocenters. The average Bonchev–Trinajstić information content (AvgIpc) is 2.53. The van der Waals surface area contributed by atoms with Gasteiger partial charge in [-0.3, -0.25) is 9.59 Å². The molecule has 22 heavy (non-hydrogen) atoms. The summed E-state index contributed by atoms with van der Waals surface area (Å²) < 4.78 is 5.21. The van der Waals surface area contributed by atoms with Crippen molar-refractivity contribution >= 4 is 11.6 Å². The van der Waals surface area contributed by atoms with Crippen molar-refractivity contribution in [1.29, 1.82) is 0 Å². The second kappa shape index (κ2) is 5.27. The Bertz CT molecular complexity index is 792. The van der Waals surface area contributed by atoms with Gasteiger partial charge in [-0.25, -0.2) is 0 Å². The molecule has 0 unspecified atom stereocenters. The molecule has 5 heteroatoms. The van der Waals surface area contributed by atoms with Crippen molar-refractivity contribution in [2.45, 2.75) is 13.5 Å². The van der Waals surface area contributed by atoms with Crippen LogP contribution in [0.4, 0.5) is 0 Å². The molecule has 0 saturated carbocycles. The normalized spacial score (nSPS) is 13.0. The van der Waals surface area contributed by atoms with Gasteiger partial charge >= 0.3 is 0 Å². The third-order valence-corrected chi connectivity index (χ3v) is 3.69. The summed E-state index contributed by atoms with van der Waals surface area (Å²) in [5.74, 6) is -1.58. The summed E-state index contributed by atoms with van der Waals surface area (Å²) in [6.07, 6.45) is 0. The van der Waals surface area contributed by atoms with E-state index >= 15 is 0 Å². The molecule has 0 radical (unpaired) electrons. The van der Waals surface area contributed by atoms with Crippen LogP contribution in [0.5, 0.6) is 11.5 Å². The molecular formula is C17H14O5. The van der Waals surface area contributed by atoms with E-state index in [0.717, 1.165) is 0 Å². The molecule has 5 nitrogen and oxygen atoms in total. The SMILES string of the molecule is CCOCc1cc(O)c2c(c1O)C(=O)c1ccccc1C2=O. The molecule has 2 aromatic rings. The van der Waals surface area contributed by atoms with Gasteiger partial charge in [0.2, 0.25) is 0 Å². The third kappa shape index (κ3) is 1.98. The maximum Gasteiger partial charge on any atom is 0.198 e. The Labute approximate surface area is 126 Å². The number of hydrogen-bond donors (Lipinski definition) is 2. The summed E-state index contributed by atoms with van der Waals surface area (Å²) in [6.45, 7) is 2.26. The molecule has 0 aromatic heterocycles. The Morgan fingerprint density at radius 1 is 1.00 bits per heavy atom. The van der Waals surface area contributed by atoms with E-state index in [1.165, 1.54) is 18.2 Å². The van der Waals surface area contributed by atoms with Crippen LogP contribution in [0, 0.1) is 0 Å². The Morgan fingerprint density at radius 2 is 1.59 bits per heavy atom. The van der Waals surface area contributed by atoms with Gasteiger partial charge < -0.3 is 14.9 Å². The molecule has 0 aliphatic heterocycles. The molecule has 0 bridgehead atoms. The van der Waals surface area contributed by atoms with Crippen molar-refractivity contribution in [2.24, 2.45) is 0 Å². The van der Waals surface area contributed by atoms with Gasteiger partial charge in [0.05, 0.1) is 17.7 Å². The first-order chi connectivity index (χ1) is 10.6. The predicted octanol–water partition coefficient (Wildman–Crippen LogP) is 2.41. The van der Waals surface area contributed by atoms with E-state index in [-0.39, 0.29) is 45.9 Å². The van der Waals surface area contributed by atoms with Crippen LogP contribution < -0.4 is 0 Å². The minimum atomic E-state index is -0.476. The molecule has 1 aliphatic rings. The monoisotopic (exact) mass is 298 g/mol. The summed E-state index contributed by atoms with van der Waals surface area (Å²) in [4.78, 5) is 25.1. The molecule has 0 saturated heterocycles. The maximum absolute atomic E-state index is 12.6. The van der Waals surface area contributed by atoms with E-state index in [9.17, 15) is 19.8 Å². The number of rotatable bonds is 3. The van der Waals surface area contributed by atoms with Crippen LogP contribution in [-0.4, -0.2) is 28.4 Å². The van der Waals surface area contributed by atoms with Crippen molar-refractivity contribution < 1.29 is 24.5 Å². The minimum Gasteiger partial charge on any atom is -0.507 e. The molecular weight excluding hydrogens is 284 g/mol. The zero-order chi connectivity index (χ0) is 15.9. The van der Waals surface area contributed by atoms with Crippen LogP contribution >= 0.6 is 0 Å². The van der Waals surface area contributed by atoms with E-state index in [1.807, 2.05) is 0 Å². The lowest BCUT2D eigenvalue weighted by molar-refractivity contribution is 0.0972. The smallest absolute Gasteiger partial charge is 0.198 e. The summed E-state index contributed by atoms with van der Waals surface area (Å²) in [5.41, 5.74) is 0.425. The standard InChI is InChI=1S/C17H14O5/c1-2-22-8-9-7-12(18)13-14(15(9)19)17(21)11-6-4-3-5-10(11)16(13)20/h3-7,18-19H,2,8H2,1H3. The first-order valence-electron chi connectivity index (χ1n) is 6.90. The second-order valence-electron chi connectivity index (χ2n) is 4.99. The van der Waals surface area contributed by atoms with E-state index in [1.54, 1.807) is 19.1 Å². The van der Waals surface area contributed by atoms with Crippen LogP contribution in [0.25, 0.3) is 0 Å². The van der Waals surface area contributed by atoms with Crippen molar-refractivity contribution in [1.82, 2.24) is 0 Å². The fourth-order valence-corrected chi connectivity index (χ4v) is 2.63. The fraction of sp³-hybridized carbons (Fsp3) is 0.176. The van der Waals surface area contributed by atoms with Crippen LogP contribution in [-0.2, 0) is 11.3 Å².